The molecule has 0 saturated carbocycles. The summed E-state index contributed by atoms with van der Waals surface area (Å²) in [5.74, 6) is -0.486. The van der Waals surface area contributed by atoms with Crippen molar-refractivity contribution in [2.24, 2.45) is 5.92 Å². The van der Waals surface area contributed by atoms with E-state index in [-0.39, 0.29) is 23.9 Å². The van der Waals surface area contributed by atoms with Crippen LogP contribution in [-0.2, 0) is 0 Å². The van der Waals surface area contributed by atoms with Gasteiger partial charge in [-0.2, -0.15) is 0 Å². The van der Waals surface area contributed by atoms with E-state index in [1.54, 1.807) is 30.3 Å². The van der Waals surface area contributed by atoms with Gasteiger partial charge in [0.1, 0.15) is 0 Å². The highest BCUT2D eigenvalue weighted by Crippen LogP contribution is 2.21. The molecule has 4 heteroatoms. The molecule has 4 nitrogen and oxygen atoms in total. The molecular formula is C15H17N2O2+. The summed E-state index contributed by atoms with van der Waals surface area (Å²) < 4.78 is 0. The second kappa shape index (κ2) is 7.83. The van der Waals surface area contributed by atoms with Gasteiger partial charge in [0.2, 0.25) is 5.39 Å². The first-order valence-electron chi connectivity index (χ1n) is 6.11. The van der Waals surface area contributed by atoms with E-state index in [9.17, 15) is 9.90 Å². The Morgan fingerprint density at radius 2 is 2.11 bits per heavy atom. The topological polar surface area (TPSA) is 65.4 Å². The van der Waals surface area contributed by atoms with Gasteiger partial charge >= 0.3 is 6.20 Å². The minimum Gasteiger partial charge on any atom is -0.505 e. The molecule has 0 amide bonds. The Bertz CT molecular complexity index is 501. The van der Waals surface area contributed by atoms with Crippen LogP contribution in [0, 0.1) is 11.3 Å². The van der Waals surface area contributed by atoms with Crippen molar-refractivity contribution in [3.8, 4) is 0 Å². The summed E-state index contributed by atoms with van der Waals surface area (Å²) in [6, 6.07) is 8.95. The number of aliphatic hydroxyl groups is 1. The second-order valence-corrected chi connectivity index (χ2v) is 4.23. The summed E-state index contributed by atoms with van der Waals surface area (Å²) in [5.41, 5.74) is 0.616. The molecular weight excluding hydrogens is 240 g/mol. The summed E-state index contributed by atoms with van der Waals surface area (Å²) in [6.07, 6.45) is 4.13. The molecule has 1 atom stereocenters. The molecule has 0 aliphatic heterocycles. The van der Waals surface area contributed by atoms with Crippen LogP contribution in [0.15, 0.2) is 54.9 Å². The molecule has 19 heavy (non-hydrogen) atoms. The highest BCUT2D eigenvalue weighted by Gasteiger charge is 2.21. The lowest BCUT2D eigenvalue weighted by Gasteiger charge is -2.13. The zero-order valence-electron chi connectivity index (χ0n) is 10.7. The quantitative estimate of drug-likeness (QED) is 0.346. The molecule has 1 aromatic carbocycles. The SMILES string of the molecule is C=CCCC(C/C(O)=C/[N+]#N)C(=O)c1ccccc1. The summed E-state index contributed by atoms with van der Waals surface area (Å²) >= 11 is 0. The molecule has 0 radical (unpaired) electrons. The van der Waals surface area contributed by atoms with Crippen molar-refractivity contribution in [3.63, 3.8) is 0 Å². The number of allylic oxidation sites excluding steroid dienone is 2. The number of aliphatic hydroxyl groups excluding tert-OH is 1. The lowest BCUT2D eigenvalue weighted by Crippen LogP contribution is -2.15. The van der Waals surface area contributed by atoms with E-state index in [1.807, 2.05) is 6.07 Å². The van der Waals surface area contributed by atoms with Crippen molar-refractivity contribution in [2.75, 3.05) is 0 Å². The largest absolute Gasteiger partial charge is 0.505 e. The standard InChI is InChI=1S/C15H16N2O2/c1-2-3-7-13(10-14(18)11-17-16)15(19)12-8-5-4-6-9-12/h2,4-6,8-9,11,13H,1,3,7,10H2/p+1/b14-11-. The molecule has 0 aliphatic carbocycles. The average molecular weight is 257 g/mol. The molecule has 98 valence electrons. The van der Waals surface area contributed by atoms with Crippen LogP contribution in [0.25, 0.3) is 4.98 Å². The molecule has 1 N–H and O–H groups in total. The zero-order chi connectivity index (χ0) is 14.1. The maximum absolute atomic E-state index is 12.3. The second-order valence-electron chi connectivity index (χ2n) is 4.23. The molecule has 0 bridgehead atoms. The number of Topliss-reactive ketones (excluding diaryl/α,β-unsaturated/α-hetero) is 1. The number of carbonyl (C=O) groups is 1. The molecule has 0 heterocycles. The normalized spacial score (nSPS) is 12.5. The summed E-state index contributed by atoms with van der Waals surface area (Å²) in [7, 11) is 0. The number of rotatable bonds is 7. The Labute approximate surface area is 112 Å². The number of ketones is 1. The third-order valence-corrected chi connectivity index (χ3v) is 2.81. The minimum atomic E-state index is -0.349. The number of carbonyl (C=O) groups excluding carboxylic acids is 1. The van der Waals surface area contributed by atoms with E-state index in [2.05, 4.69) is 11.6 Å². The highest BCUT2D eigenvalue weighted by atomic mass is 16.3. The van der Waals surface area contributed by atoms with E-state index >= 15 is 0 Å². The van der Waals surface area contributed by atoms with Crippen LogP contribution < -0.4 is 0 Å². The maximum Gasteiger partial charge on any atom is 0.387 e. The number of hydrogen-bond acceptors (Lipinski definition) is 3. The van der Waals surface area contributed by atoms with Gasteiger partial charge < -0.3 is 5.11 Å². The van der Waals surface area contributed by atoms with Crippen LogP contribution in [0.2, 0.25) is 0 Å². The van der Waals surface area contributed by atoms with Gasteiger partial charge in [-0.1, -0.05) is 36.4 Å². The lowest BCUT2D eigenvalue weighted by molar-refractivity contribution is 0.0904. The Morgan fingerprint density at radius 3 is 2.68 bits per heavy atom. The molecule has 0 fully saturated rings. The van der Waals surface area contributed by atoms with Gasteiger partial charge in [0.05, 0.1) is 0 Å². The van der Waals surface area contributed by atoms with Gasteiger partial charge in [0.25, 0.3) is 0 Å². The van der Waals surface area contributed by atoms with Crippen LogP contribution in [0.5, 0.6) is 0 Å². The molecule has 0 aliphatic rings. The minimum absolute atomic E-state index is 0.0275. The van der Waals surface area contributed by atoms with Crippen LogP contribution in [-0.4, -0.2) is 10.9 Å². The fourth-order valence-electron chi connectivity index (χ4n) is 1.85. The van der Waals surface area contributed by atoms with Crippen LogP contribution in [0.3, 0.4) is 0 Å². The highest BCUT2D eigenvalue weighted by molar-refractivity contribution is 5.97. The Kier molecular flexibility index (Phi) is 6.04. The molecule has 1 rings (SSSR count). The van der Waals surface area contributed by atoms with E-state index < -0.39 is 0 Å². The molecule has 1 aromatic rings. The van der Waals surface area contributed by atoms with Crippen molar-refractivity contribution >= 4 is 5.78 Å². The molecule has 0 aromatic heterocycles. The monoisotopic (exact) mass is 257 g/mol. The fourth-order valence-corrected chi connectivity index (χ4v) is 1.85. The van der Waals surface area contributed by atoms with Crippen LogP contribution in [0.4, 0.5) is 0 Å². The van der Waals surface area contributed by atoms with Gasteiger partial charge in [-0.3, -0.25) is 4.79 Å². The first-order chi connectivity index (χ1) is 9.19. The number of benzene rings is 1. The molecule has 0 spiro atoms. The molecule has 1 unspecified atom stereocenters. The van der Waals surface area contributed by atoms with Crippen LogP contribution >= 0.6 is 0 Å². The van der Waals surface area contributed by atoms with E-state index in [0.717, 1.165) is 6.20 Å². The van der Waals surface area contributed by atoms with Gasteiger partial charge in [0, 0.05) is 17.9 Å². The predicted molar refractivity (Wildman–Crippen MR) is 74.1 cm³/mol. The van der Waals surface area contributed by atoms with Gasteiger partial charge in [-0.05, 0) is 12.8 Å². The summed E-state index contributed by atoms with van der Waals surface area (Å²) in [6.45, 7) is 3.63. The van der Waals surface area contributed by atoms with Gasteiger partial charge in [0.15, 0.2) is 16.5 Å². The average Bonchev–Trinajstić information content (AvgIpc) is 2.44. The Morgan fingerprint density at radius 1 is 1.42 bits per heavy atom. The fraction of sp³-hybridized carbons (Fsp3) is 0.267. The molecule has 0 saturated heterocycles. The van der Waals surface area contributed by atoms with Crippen LogP contribution in [0.1, 0.15) is 29.6 Å². The van der Waals surface area contributed by atoms with Crippen molar-refractivity contribution in [1.82, 2.24) is 0 Å². The maximum atomic E-state index is 12.3. The smallest absolute Gasteiger partial charge is 0.387 e. The van der Waals surface area contributed by atoms with E-state index in [1.165, 1.54) is 0 Å². The first-order valence-corrected chi connectivity index (χ1v) is 6.11. The van der Waals surface area contributed by atoms with Crippen molar-refractivity contribution < 1.29 is 9.90 Å². The third kappa shape index (κ3) is 4.76. The summed E-state index contributed by atoms with van der Waals surface area (Å²) in [5, 5.41) is 17.9. The van der Waals surface area contributed by atoms with E-state index in [4.69, 9.17) is 5.39 Å². The lowest BCUT2D eigenvalue weighted by atomic mass is 9.90. The zero-order valence-corrected chi connectivity index (χ0v) is 10.7. The van der Waals surface area contributed by atoms with Crippen molar-refractivity contribution in [3.05, 3.63) is 65.5 Å². The van der Waals surface area contributed by atoms with Crippen molar-refractivity contribution in [2.45, 2.75) is 19.3 Å². The predicted octanol–water partition coefficient (Wildman–Crippen LogP) is 4.09. The van der Waals surface area contributed by atoms with E-state index in [0.29, 0.717) is 18.4 Å². The Balaban J connectivity index is 2.85. The Hall–Kier alpha value is -2.41. The third-order valence-electron chi connectivity index (χ3n) is 2.81. The van der Waals surface area contributed by atoms with Gasteiger partial charge in [-0.15, -0.1) is 6.58 Å². The number of hydrogen-bond donors (Lipinski definition) is 1. The van der Waals surface area contributed by atoms with Gasteiger partial charge in [-0.25, -0.2) is 0 Å². The summed E-state index contributed by atoms with van der Waals surface area (Å²) in [4.78, 5) is 15.1. The first kappa shape index (κ1) is 14.7. The number of diazo groups is 1. The van der Waals surface area contributed by atoms with Crippen molar-refractivity contribution in [1.29, 1.82) is 5.39 Å². The number of nitrogens with zero attached hydrogens (tertiary/aromatic N) is 2.